The second kappa shape index (κ2) is 6.19. The monoisotopic (exact) mass is 300 g/mol. The molecule has 2 fully saturated rings. The maximum atomic E-state index is 12.7. The van der Waals surface area contributed by atoms with Crippen LogP contribution in [0.3, 0.4) is 0 Å². The normalized spacial score (nSPS) is 25.4. The number of nitrogens with one attached hydrogen (secondary N) is 1. The summed E-state index contributed by atoms with van der Waals surface area (Å²) in [5, 5.41) is 2.61. The predicted octanol–water partition coefficient (Wildman–Crippen LogP) is 0.731. The fourth-order valence-corrected chi connectivity index (χ4v) is 2.92. The van der Waals surface area contributed by atoms with Gasteiger partial charge in [-0.15, -0.1) is 0 Å². The number of nitrogens with zero attached hydrogens (tertiary/aromatic N) is 1. The van der Waals surface area contributed by atoms with Gasteiger partial charge in [-0.3, -0.25) is 4.79 Å². The van der Waals surface area contributed by atoms with Gasteiger partial charge in [0.1, 0.15) is 6.04 Å². The van der Waals surface area contributed by atoms with Crippen molar-refractivity contribution in [2.24, 2.45) is 5.92 Å². The summed E-state index contributed by atoms with van der Waals surface area (Å²) < 4.78 is 15.9. The first-order valence-corrected chi connectivity index (χ1v) is 7.31. The number of alkyl carbamates (subject to hydrolysis) is 1. The van der Waals surface area contributed by atoms with Crippen LogP contribution in [0.15, 0.2) is 0 Å². The van der Waals surface area contributed by atoms with Crippen LogP contribution in [0.4, 0.5) is 4.79 Å². The Bertz CT molecular complexity index is 406. The number of hydrogen-bond acceptors (Lipinski definition) is 5. The molecule has 2 aliphatic heterocycles. The van der Waals surface area contributed by atoms with Crippen LogP contribution in [-0.2, 0) is 19.0 Å². The van der Waals surface area contributed by atoms with E-state index in [1.54, 1.807) is 4.90 Å². The van der Waals surface area contributed by atoms with E-state index in [-0.39, 0.29) is 17.9 Å². The van der Waals surface area contributed by atoms with E-state index in [0.29, 0.717) is 26.2 Å². The van der Waals surface area contributed by atoms with E-state index in [9.17, 15) is 9.59 Å². The molecule has 0 saturated carbocycles. The van der Waals surface area contributed by atoms with Gasteiger partial charge < -0.3 is 24.4 Å². The first-order chi connectivity index (χ1) is 9.88. The number of carbonyl (C=O) groups excluding carboxylic acids is 2. The molecule has 0 bridgehead atoms. The second-order valence-corrected chi connectivity index (χ2v) is 5.98. The maximum Gasteiger partial charge on any atom is 0.407 e. The Morgan fingerprint density at radius 2 is 1.95 bits per heavy atom. The Kier molecular flexibility index (Phi) is 4.73. The van der Waals surface area contributed by atoms with E-state index in [4.69, 9.17) is 9.47 Å². The van der Waals surface area contributed by atoms with Gasteiger partial charge >= 0.3 is 6.09 Å². The highest BCUT2D eigenvalue weighted by Gasteiger charge is 2.49. The quantitative estimate of drug-likeness (QED) is 0.831. The highest BCUT2D eigenvalue weighted by molar-refractivity contribution is 5.86. The average molecular weight is 300 g/mol. The maximum absolute atomic E-state index is 12.7. The van der Waals surface area contributed by atoms with Gasteiger partial charge in [0.15, 0.2) is 5.79 Å². The van der Waals surface area contributed by atoms with Crippen molar-refractivity contribution in [2.45, 2.75) is 45.1 Å². The van der Waals surface area contributed by atoms with E-state index in [1.165, 1.54) is 7.11 Å². The summed E-state index contributed by atoms with van der Waals surface area (Å²) in [5.41, 5.74) is 0. The molecule has 2 saturated heterocycles. The summed E-state index contributed by atoms with van der Waals surface area (Å²) in [6.07, 6.45) is 0.0545. The molecule has 120 valence electrons. The molecule has 0 aromatic heterocycles. The zero-order valence-electron chi connectivity index (χ0n) is 13.0. The molecule has 7 nitrogen and oxygen atoms in total. The Hall–Kier alpha value is -1.34. The van der Waals surface area contributed by atoms with Crippen molar-refractivity contribution in [3.8, 4) is 0 Å². The minimum Gasteiger partial charge on any atom is -0.453 e. The average Bonchev–Trinajstić information content (AvgIpc) is 3.02. The lowest BCUT2D eigenvalue weighted by atomic mass is 10.0. The lowest BCUT2D eigenvalue weighted by Crippen LogP contribution is -2.52. The van der Waals surface area contributed by atoms with Crippen LogP contribution >= 0.6 is 0 Å². The van der Waals surface area contributed by atoms with Gasteiger partial charge in [-0.05, 0) is 12.8 Å². The SMILES string of the molecule is COC(=O)N[C@H](C(=O)N1CC2(CC1C)OCCO2)C(C)C. The van der Waals surface area contributed by atoms with Crippen LogP contribution in [0.5, 0.6) is 0 Å². The van der Waals surface area contributed by atoms with Crippen LogP contribution in [0.2, 0.25) is 0 Å². The third kappa shape index (κ3) is 3.29. The summed E-state index contributed by atoms with van der Waals surface area (Å²) >= 11 is 0. The van der Waals surface area contributed by atoms with Crippen LogP contribution in [-0.4, -0.2) is 61.6 Å². The predicted molar refractivity (Wildman–Crippen MR) is 74.6 cm³/mol. The fourth-order valence-electron chi connectivity index (χ4n) is 2.92. The van der Waals surface area contributed by atoms with E-state index in [2.05, 4.69) is 10.1 Å². The number of ether oxygens (including phenoxy) is 3. The first kappa shape index (κ1) is 16.0. The number of carbonyl (C=O) groups is 2. The third-order valence-corrected chi connectivity index (χ3v) is 4.04. The summed E-state index contributed by atoms with van der Waals surface area (Å²) in [6.45, 7) is 7.26. The van der Waals surface area contributed by atoms with Crippen molar-refractivity contribution in [1.29, 1.82) is 0 Å². The standard InChI is InChI=1S/C14H24N2O5/c1-9(2)11(15-13(18)19-4)12(17)16-8-14(7-10(16)3)20-5-6-21-14/h9-11H,5-8H2,1-4H3,(H,15,18)/t10?,11-/m0/s1. The minimum absolute atomic E-state index is 0.0105. The molecule has 2 amide bonds. The Morgan fingerprint density at radius 3 is 2.48 bits per heavy atom. The molecule has 0 aromatic carbocycles. The number of methoxy groups -OCH3 is 1. The minimum atomic E-state index is -0.665. The molecule has 0 aromatic rings. The van der Waals surface area contributed by atoms with Crippen LogP contribution in [0.1, 0.15) is 27.2 Å². The largest absolute Gasteiger partial charge is 0.453 e. The summed E-state index contributed by atoms with van der Waals surface area (Å²) in [6, 6.07) is -0.604. The Labute approximate surface area is 124 Å². The number of amides is 2. The molecule has 1 spiro atoms. The summed E-state index contributed by atoms with van der Waals surface area (Å²) in [4.78, 5) is 25.9. The van der Waals surface area contributed by atoms with Gasteiger partial charge in [-0.1, -0.05) is 13.8 Å². The van der Waals surface area contributed by atoms with Gasteiger partial charge in [0.2, 0.25) is 5.91 Å². The number of rotatable bonds is 3. The van der Waals surface area contributed by atoms with Gasteiger partial charge in [-0.2, -0.15) is 0 Å². The van der Waals surface area contributed by atoms with Crippen molar-refractivity contribution in [1.82, 2.24) is 10.2 Å². The van der Waals surface area contributed by atoms with E-state index >= 15 is 0 Å². The zero-order valence-corrected chi connectivity index (χ0v) is 13.0. The van der Waals surface area contributed by atoms with Gasteiger partial charge in [0, 0.05) is 12.5 Å². The smallest absolute Gasteiger partial charge is 0.407 e. The summed E-state index contributed by atoms with van der Waals surface area (Å²) in [7, 11) is 1.28. The van der Waals surface area contributed by atoms with E-state index in [0.717, 1.165) is 0 Å². The van der Waals surface area contributed by atoms with Crippen LogP contribution < -0.4 is 5.32 Å². The molecule has 2 atom stereocenters. The highest BCUT2D eigenvalue weighted by Crippen LogP contribution is 2.35. The van der Waals surface area contributed by atoms with Crippen LogP contribution in [0, 0.1) is 5.92 Å². The molecule has 1 N–H and O–H groups in total. The lowest BCUT2D eigenvalue weighted by molar-refractivity contribution is -0.153. The van der Waals surface area contributed by atoms with Gasteiger partial charge in [0.25, 0.3) is 0 Å². The third-order valence-electron chi connectivity index (χ3n) is 4.04. The molecule has 0 aliphatic carbocycles. The summed E-state index contributed by atoms with van der Waals surface area (Å²) in [5.74, 6) is -0.827. The number of hydrogen-bond donors (Lipinski definition) is 1. The zero-order chi connectivity index (χ0) is 15.6. The van der Waals surface area contributed by atoms with Crippen LogP contribution in [0.25, 0.3) is 0 Å². The Balaban J connectivity index is 2.08. The Morgan fingerprint density at radius 1 is 1.33 bits per heavy atom. The van der Waals surface area contributed by atoms with E-state index in [1.807, 2.05) is 20.8 Å². The lowest BCUT2D eigenvalue weighted by Gasteiger charge is -2.29. The molecule has 7 heteroatoms. The second-order valence-electron chi connectivity index (χ2n) is 5.98. The number of likely N-dealkylation sites (tertiary alicyclic amines) is 1. The van der Waals surface area contributed by atoms with Crippen molar-refractivity contribution >= 4 is 12.0 Å². The highest BCUT2D eigenvalue weighted by atomic mass is 16.7. The molecular formula is C14H24N2O5. The topological polar surface area (TPSA) is 77.1 Å². The van der Waals surface area contributed by atoms with Crippen molar-refractivity contribution in [3.05, 3.63) is 0 Å². The van der Waals surface area contributed by atoms with Gasteiger partial charge in [-0.25, -0.2) is 4.79 Å². The van der Waals surface area contributed by atoms with Gasteiger partial charge in [0.05, 0.1) is 26.9 Å². The molecular weight excluding hydrogens is 276 g/mol. The molecule has 2 rings (SSSR count). The molecule has 2 aliphatic rings. The van der Waals surface area contributed by atoms with Crippen molar-refractivity contribution < 1.29 is 23.8 Å². The van der Waals surface area contributed by atoms with Crippen molar-refractivity contribution in [3.63, 3.8) is 0 Å². The first-order valence-electron chi connectivity index (χ1n) is 7.31. The molecule has 1 unspecified atom stereocenters. The van der Waals surface area contributed by atoms with Crippen molar-refractivity contribution in [2.75, 3.05) is 26.9 Å². The fraction of sp³-hybridized carbons (Fsp3) is 0.857. The molecule has 2 heterocycles. The molecule has 0 radical (unpaired) electrons. The van der Waals surface area contributed by atoms with E-state index < -0.39 is 17.9 Å². The molecule has 21 heavy (non-hydrogen) atoms.